The van der Waals surface area contributed by atoms with Crippen molar-refractivity contribution in [2.45, 2.75) is 31.7 Å². The maximum atomic E-state index is 13.9. The molecule has 3 amide bonds. The number of Topliss-reactive ketones (excluding diaryl/α,β-unsaturated/α-hetero) is 1. The van der Waals surface area contributed by atoms with Gasteiger partial charge in [-0.25, -0.2) is 4.79 Å². The maximum Gasteiger partial charge on any atom is 0.325 e. The molecule has 1 heterocycles. The van der Waals surface area contributed by atoms with E-state index in [4.69, 9.17) is 9.47 Å². The highest BCUT2D eigenvalue weighted by atomic mass is 16.5. The molecule has 7 nitrogen and oxygen atoms in total. The minimum atomic E-state index is -1.49. The Morgan fingerprint density at radius 2 is 1.36 bits per heavy atom. The Hall–Kier alpha value is -4.13. The molecular weight excluding hydrogens is 456 g/mol. The molecule has 0 bridgehead atoms. The van der Waals surface area contributed by atoms with Crippen LogP contribution in [-0.4, -0.2) is 43.4 Å². The van der Waals surface area contributed by atoms with Crippen molar-refractivity contribution in [3.8, 4) is 11.5 Å². The van der Waals surface area contributed by atoms with Crippen LogP contribution < -0.4 is 14.8 Å². The first-order chi connectivity index (χ1) is 17.3. The Kier molecular flexibility index (Phi) is 7.10. The van der Waals surface area contributed by atoms with Gasteiger partial charge in [0.05, 0.1) is 20.8 Å². The molecule has 3 aromatic rings. The highest BCUT2D eigenvalue weighted by molar-refractivity contribution is 6.13. The van der Waals surface area contributed by atoms with Crippen molar-refractivity contribution in [3.05, 3.63) is 95.1 Å². The number of nitrogens with zero attached hydrogens (tertiary/aromatic N) is 1. The summed E-state index contributed by atoms with van der Waals surface area (Å²) in [7, 11) is 3.11. The molecule has 7 heteroatoms. The van der Waals surface area contributed by atoms with Crippen LogP contribution in [0.2, 0.25) is 0 Å². The molecule has 1 aliphatic heterocycles. The molecule has 0 spiro atoms. The zero-order chi connectivity index (χ0) is 25.9. The number of methoxy groups -OCH3 is 2. The second-order valence-corrected chi connectivity index (χ2v) is 8.88. The minimum Gasteiger partial charge on any atom is -0.497 e. The molecule has 4 rings (SSSR count). The zero-order valence-electron chi connectivity index (χ0n) is 20.9. The monoisotopic (exact) mass is 486 g/mol. The van der Waals surface area contributed by atoms with E-state index in [1.807, 2.05) is 12.1 Å². The zero-order valence-corrected chi connectivity index (χ0v) is 20.9. The molecule has 3 aromatic carbocycles. The predicted octanol–water partition coefficient (Wildman–Crippen LogP) is 4.90. The van der Waals surface area contributed by atoms with E-state index in [-0.39, 0.29) is 12.3 Å². The molecule has 186 valence electrons. The van der Waals surface area contributed by atoms with Crippen molar-refractivity contribution in [2.24, 2.45) is 0 Å². The molecule has 0 aliphatic carbocycles. The van der Waals surface area contributed by atoms with E-state index in [1.165, 1.54) is 0 Å². The van der Waals surface area contributed by atoms with Gasteiger partial charge in [-0.05, 0) is 53.3 Å². The van der Waals surface area contributed by atoms with E-state index in [0.29, 0.717) is 34.1 Å². The third kappa shape index (κ3) is 4.44. The van der Waals surface area contributed by atoms with Crippen LogP contribution in [-0.2, 0) is 10.3 Å². The van der Waals surface area contributed by atoms with Crippen molar-refractivity contribution in [1.29, 1.82) is 0 Å². The van der Waals surface area contributed by atoms with Gasteiger partial charge in [0.1, 0.15) is 11.5 Å². The van der Waals surface area contributed by atoms with Crippen molar-refractivity contribution in [2.75, 3.05) is 20.8 Å². The number of carbonyl (C=O) groups is 3. The van der Waals surface area contributed by atoms with Gasteiger partial charge in [0, 0.05) is 5.56 Å². The van der Waals surface area contributed by atoms with Gasteiger partial charge in [-0.15, -0.1) is 0 Å². The lowest BCUT2D eigenvalue weighted by atomic mass is 9.82. The summed E-state index contributed by atoms with van der Waals surface area (Å²) in [5.41, 5.74) is 1.21. The summed E-state index contributed by atoms with van der Waals surface area (Å²) in [6, 6.07) is 20.6. The summed E-state index contributed by atoms with van der Waals surface area (Å²) in [5, 5.41) is 2.87. The van der Waals surface area contributed by atoms with Gasteiger partial charge in [0.25, 0.3) is 5.91 Å². The van der Waals surface area contributed by atoms with Crippen molar-refractivity contribution < 1.29 is 23.9 Å². The van der Waals surface area contributed by atoms with Gasteiger partial charge in [0.15, 0.2) is 11.3 Å². The third-order valence-corrected chi connectivity index (χ3v) is 6.87. The number of rotatable bonds is 9. The van der Waals surface area contributed by atoms with E-state index >= 15 is 0 Å². The second kappa shape index (κ2) is 10.2. The number of ketones is 1. The number of benzene rings is 3. The van der Waals surface area contributed by atoms with Crippen LogP contribution in [0.1, 0.15) is 53.2 Å². The molecule has 1 atom stereocenters. The maximum absolute atomic E-state index is 13.9. The predicted molar refractivity (Wildman–Crippen MR) is 136 cm³/mol. The van der Waals surface area contributed by atoms with Crippen LogP contribution in [0.15, 0.2) is 72.8 Å². The Bertz CT molecular complexity index is 1200. The van der Waals surface area contributed by atoms with E-state index in [0.717, 1.165) is 16.9 Å². The molecule has 1 saturated heterocycles. The number of ether oxygens (including phenoxy) is 2. The topological polar surface area (TPSA) is 84.9 Å². The van der Waals surface area contributed by atoms with Gasteiger partial charge in [-0.1, -0.05) is 62.4 Å². The molecule has 0 aromatic heterocycles. The number of urea groups is 1. The molecule has 0 radical (unpaired) electrons. The molecular formula is C29H30N2O5. The van der Waals surface area contributed by atoms with E-state index < -0.39 is 17.5 Å². The summed E-state index contributed by atoms with van der Waals surface area (Å²) < 4.78 is 10.5. The lowest BCUT2D eigenvalue weighted by Gasteiger charge is -2.28. The van der Waals surface area contributed by atoms with Crippen LogP contribution >= 0.6 is 0 Å². The van der Waals surface area contributed by atoms with Gasteiger partial charge in [-0.2, -0.15) is 0 Å². The largest absolute Gasteiger partial charge is 0.497 e. The Morgan fingerprint density at radius 1 is 0.861 bits per heavy atom. The molecule has 1 N–H and O–H groups in total. The molecule has 1 aliphatic rings. The third-order valence-electron chi connectivity index (χ3n) is 6.87. The second-order valence-electron chi connectivity index (χ2n) is 8.88. The highest BCUT2D eigenvalue weighted by Crippen LogP contribution is 2.37. The van der Waals surface area contributed by atoms with Gasteiger partial charge >= 0.3 is 6.03 Å². The molecule has 0 saturated carbocycles. The normalized spacial score (nSPS) is 15.4. The summed E-state index contributed by atoms with van der Waals surface area (Å²) in [5.74, 6) is 0.790. The van der Waals surface area contributed by atoms with E-state index in [1.54, 1.807) is 74.9 Å². The number of carbonyl (C=O) groups excluding carboxylic acids is 3. The van der Waals surface area contributed by atoms with Crippen LogP contribution in [0.25, 0.3) is 0 Å². The van der Waals surface area contributed by atoms with Gasteiger partial charge < -0.3 is 14.8 Å². The number of nitrogens with one attached hydrogen (secondary N) is 1. The Labute approximate surface area is 211 Å². The average molecular weight is 487 g/mol. The molecule has 36 heavy (non-hydrogen) atoms. The number of hydrogen-bond acceptors (Lipinski definition) is 5. The SMILES string of the molecule is CC[C@@H](C)c1ccc(C(=O)CN2C(=O)NC(c3ccc(OC)cc3)(c3ccc(OC)cc3)C2=O)cc1. The van der Waals surface area contributed by atoms with Crippen molar-refractivity contribution in [1.82, 2.24) is 10.2 Å². The van der Waals surface area contributed by atoms with Crippen molar-refractivity contribution in [3.63, 3.8) is 0 Å². The van der Waals surface area contributed by atoms with Crippen molar-refractivity contribution >= 4 is 17.7 Å². The minimum absolute atomic E-state index is 0.311. The van der Waals surface area contributed by atoms with Gasteiger partial charge in [-0.3, -0.25) is 14.5 Å². The first-order valence-electron chi connectivity index (χ1n) is 11.9. The summed E-state index contributed by atoms with van der Waals surface area (Å²) >= 11 is 0. The lowest BCUT2D eigenvalue weighted by Crippen LogP contribution is -2.45. The van der Waals surface area contributed by atoms with E-state index in [2.05, 4.69) is 19.2 Å². The summed E-state index contributed by atoms with van der Waals surface area (Å²) in [6.45, 7) is 3.88. The molecule has 0 unspecified atom stereocenters. The number of imide groups is 1. The lowest BCUT2D eigenvalue weighted by molar-refractivity contribution is -0.129. The Morgan fingerprint density at radius 3 is 1.81 bits per heavy atom. The quantitative estimate of drug-likeness (QED) is 0.344. The fraction of sp³-hybridized carbons (Fsp3) is 0.276. The molecule has 1 fully saturated rings. The van der Waals surface area contributed by atoms with Crippen LogP contribution in [0, 0.1) is 0 Å². The van der Waals surface area contributed by atoms with Crippen LogP contribution in [0.5, 0.6) is 11.5 Å². The average Bonchev–Trinajstić information content (AvgIpc) is 3.18. The fourth-order valence-corrected chi connectivity index (χ4v) is 4.43. The first-order valence-corrected chi connectivity index (χ1v) is 11.9. The number of amides is 3. The Balaban J connectivity index is 1.68. The summed E-state index contributed by atoms with van der Waals surface area (Å²) in [6.07, 6.45) is 0.995. The first kappa shape index (κ1) is 25.0. The smallest absolute Gasteiger partial charge is 0.325 e. The fourth-order valence-electron chi connectivity index (χ4n) is 4.43. The van der Waals surface area contributed by atoms with Crippen LogP contribution in [0.4, 0.5) is 4.79 Å². The standard InChI is InChI=1S/C29H30N2O5/c1-5-19(2)20-6-8-21(9-7-20)26(32)18-31-27(33)29(30-28(31)34,22-10-14-24(35-3)15-11-22)23-12-16-25(36-4)17-13-23/h6-17,19H,5,18H2,1-4H3,(H,30,34)/t19-/m1/s1. The van der Waals surface area contributed by atoms with E-state index in [9.17, 15) is 14.4 Å². The van der Waals surface area contributed by atoms with Gasteiger partial charge in [0.2, 0.25) is 0 Å². The van der Waals surface area contributed by atoms with Crippen LogP contribution in [0.3, 0.4) is 0 Å². The number of hydrogen-bond donors (Lipinski definition) is 1. The highest BCUT2D eigenvalue weighted by Gasteiger charge is 2.54. The summed E-state index contributed by atoms with van der Waals surface area (Å²) in [4.78, 5) is 41.1.